The average molecular weight is 592 g/mol. The van der Waals surface area contributed by atoms with Gasteiger partial charge in [0, 0.05) is 18.9 Å². The van der Waals surface area contributed by atoms with Gasteiger partial charge in [-0.3, -0.25) is 14.0 Å². The smallest absolute Gasteiger partial charge is 0.337 e. The molecule has 0 N–H and O–H groups in total. The lowest BCUT2D eigenvalue weighted by Crippen LogP contribution is -2.51. The Morgan fingerprint density at radius 2 is 1.32 bits per heavy atom. The number of hydrogen-bond donors (Lipinski definition) is 0. The van der Waals surface area contributed by atoms with Crippen molar-refractivity contribution in [1.29, 1.82) is 0 Å². The van der Waals surface area contributed by atoms with E-state index in [-0.39, 0.29) is 17.8 Å². The fraction of sp³-hybridized carbons (Fsp3) is 0.250. The van der Waals surface area contributed by atoms with Crippen LogP contribution in [0.25, 0.3) is 11.4 Å². The maximum atomic E-state index is 13.2. The molecular formula is C36H37N3O5. The lowest BCUT2D eigenvalue weighted by Gasteiger charge is -2.44. The molecule has 6 rings (SSSR count). The number of aromatic nitrogens is 2. The van der Waals surface area contributed by atoms with Gasteiger partial charge in [-0.25, -0.2) is 4.79 Å². The summed E-state index contributed by atoms with van der Waals surface area (Å²) in [6, 6.07) is 34.9. The van der Waals surface area contributed by atoms with Crippen molar-refractivity contribution < 1.29 is 18.9 Å². The van der Waals surface area contributed by atoms with E-state index in [4.69, 9.17) is 18.9 Å². The van der Waals surface area contributed by atoms with Crippen LogP contribution >= 0.6 is 0 Å². The summed E-state index contributed by atoms with van der Waals surface area (Å²) in [4.78, 5) is 15.5. The summed E-state index contributed by atoms with van der Waals surface area (Å²) in [6.45, 7) is 5.67. The largest absolute Gasteiger partial charge is 0.492 e. The van der Waals surface area contributed by atoms with Crippen LogP contribution < -0.4 is 15.2 Å². The summed E-state index contributed by atoms with van der Waals surface area (Å²) >= 11 is 0. The summed E-state index contributed by atoms with van der Waals surface area (Å²) in [5.74, 6) is 1.56. The zero-order valence-electron chi connectivity index (χ0n) is 25.2. The molecule has 226 valence electrons. The van der Waals surface area contributed by atoms with Crippen molar-refractivity contribution in [2.24, 2.45) is 0 Å². The van der Waals surface area contributed by atoms with Gasteiger partial charge in [0.25, 0.3) is 0 Å². The predicted octanol–water partition coefficient (Wildman–Crippen LogP) is 6.62. The van der Waals surface area contributed by atoms with Gasteiger partial charge in [-0.2, -0.15) is 0 Å². The van der Waals surface area contributed by atoms with Crippen LogP contribution in [0.15, 0.2) is 126 Å². The van der Waals surface area contributed by atoms with Gasteiger partial charge in [-0.1, -0.05) is 48.5 Å². The highest BCUT2D eigenvalue weighted by atomic mass is 16.7. The van der Waals surface area contributed by atoms with Crippen molar-refractivity contribution in [2.45, 2.75) is 31.8 Å². The second kappa shape index (κ2) is 12.9. The molecule has 44 heavy (non-hydrogen) atoms. The SMILES string of the molecule is CN(CCOc1ccc(-n2ccn(-c3ccc(Oc4ccccc4)cc3)c2=O)cc1)[C@H]1COC(C)(C)O[C@@H]1c1ccccc1. The molecule has 1 saturated heterocycles. The fourth-order valence-electron chi connectivity index (χ4n) is 5.33. The first-order chi connectivity index (χ1) is 21.4. The summed E-state index contributed by atoms with van der Waals surface area (Å²) in [5, 5.41) is 0. The zero-order chi connectivity index (χ0) is 30.5. The van der Waals surface area contributed by atoms with E-state index in [9.17, 15) is 4.79 Å². The molecule has 0 saturated carbocycles. The average Bonchev–Trinajstić information content (AvgIpc) is 3.43. The Morgan fingerprint density at radius 1 is 0.773 bits per heavy atom. The summed E-state index contributed by atoms with van der Waals surface area (Å²) in [6.07, 6.45) is 3.42. The monoisotopic (exact) mass is 591 g/mol. The minimum Gasteiger partial charge on any atom is -0.492 e. The van der Waals surface area contributed by atoms with Crippen molar-refractivity contribution in [3.05, 3.63) is 138 Å². The van der Waals surface area contributed by atoms with Crippen molar-refractivity contribution in [3.8, 4) is 28.6 Å². The minimum atomic E-state index is -0.638. The van der Waals surface area contributed by atoms with Crippen LogP contribution in [0.1, 0.15) is 25.5 Å². The Hall–Kier alpha value is -4.63. The quantitative estimate of drug-likeness (QED) is 0.182. The maximum absolute atomic E-state index is 13.2. The van der Waals surface area contributed by atoms with Gasteiger partial charge in [-0.15, -0.1) is 0 Å². The number of benzene rings is 4. The van der Waals surface area contributed by atoms with E-state index in [1.165, 1.54) is 0 Å². The number of para-hydroxylation sites is 1. The van der Waals surface area contributed by atoms with Gasteiger partial charge in [-0.05, 0) is 87.1 Å². The highest BCUT2D eigenvalue weighted by Crippen LogP contribution is 2.35. The van der Waals surface area contributed by atoms with E-state index in [0.717, 1.165) is 28.4 Å². The van der Waals surface area contributed by atoms with Crippen LogP contribution in [0.4, 0.5) is 0 Å². The van der Waals surface area contributed by atoms with Crippen LogP contribution in [0.2, 0.25) is 0 Å². The first-order valence-corrected chi connectivity index (χ1v) is 14.8. The number of rotatable bonds is 10. The zero-order valence-corrected chi connectivity index (χ0v) is 25.2. The van der Waals surface area contributed by atoms with Gasteiger partial charge >= 0.3 is 5.69 Å². The lowest BCUT2D eigenvalue weighted by atomic mass is 9.99. The highest BCUT2D eigenvalue weighted by Gasteiger charge is 2.39. The van der Waals surface area contributed by atoms with Gasteiger partial charge in [0.05, 0.1) is 24.0 Å². The maximum Gasteiger partial charge on any atom is 0.337 e. The molecule has 0 amide bonds. The third-order valence-corrected chi connectivity index (χ3v) is 7.75. The van der Waals surface area contributed by atoms with Gasteiger partial charge in [0.2, 0.25) is 0 Å². The van der Waals surface area contributed by atoms with Crippen LogP contribution in [0, 0.1) is 0 Å². The van der Waals surface area contributed by atoms with Gasteiger partial charge in [0.15, 0.2) is 5.79 Å². The first kappa shape index (κ1) is 29.4. The lowest BCUT2D eigenvalue weighted by molar-refractivity contribution is -0.295. The van der Waals surface area contributed by atoms with E-state index < -0.39 is 5.79 Å². The van der Waals surface area contributed by atoms with Crippen LogP contribution in [0.5, 0.6) is 17.2 Å². The second-order valence-electron chi connectivity index (χ2n) is 11.3. The molecule has 0 bridgehead atoms. The molecule has 2 heterocycles. The van der Waals surface area contributed by atoms with E-state index in [1.54, 1.807) is 21.5 Å². The Morgan fingerprint density at radius 3 is 1.93 bits per heavy atom. The molecule has 1 aliphatic heterocycles. The van der Waals surface area contributed by atoms with Crippen molar-refractivity contribution >= 4 is 0 Å². The molecular weight excluding hydrogens is 554 g/mol. The molecule has 0 aliphatic carbocycles. The fourth-order valence-corrected chi connectivity index (χ4v) is 5.33. The summed E-state index contributed by atoms with van der Waals surface area (Å²) in [7, 11) is 2.07. The highest BCUT2D eigenvalue weighted by molar-refractivity contribution is 5.41. The molecule has 0 radical (unpaired) electrons. The van der Waals surface area contributed by atoms with Gasteiger partial charge in [0.1, 0.15) is 30.0 Å². The number of ether oxygens (including phenoxy) is 4. The van der Waals surface area contributed by atoms with E-state index in [2.05, 4.69) is 24.1 Å². The molecule has 1 fully saturated rings. The summed E-state index contributed by atoms with van der Waals surface area (Å²) < 4.78 is 27.5. The van der Waals surface area contributed by atoms with Crippen LogP contribution in [-0.4, -0.2) is 52.7 Å². The third kappa shape index (κ3) is 6.78. The number of imidazole rings is 1. The normalized spacial score (nSPS) is 17.8. The van der Waals surface area contributed by atoms with E-state index in [1.807, 2.05) is 111 Å². The molecule has 1 aliphatic rings. The number of hydrogen-bond acceptors (Lipinski definition) is 6. The molecule has 8 heteroatoms. The van der Waals surface area contributed by atoms with Crippen molar-refractivity contribution in [3.63, 3.8) is 0 Å². The Labute approximate surface area is 257 Å². The number of nitrogens with zero attached hydrogens (tertiary/aromatic N) is 3. The molecule has 5 aromatic rings. The van der Waals surface area contributed by atoms with Crippen molar-refractivity contribution in [1.82, 2.24) is 14.0 Å². The standard InChI is InChI=1S/C36H37N3O5/c1-36(2)42-26-33(34(44-36)27-10-6-4-7-11-27)37(3)24-25-41-30-18-14-28(15-19-30)38-22-23-39(35(38)40)29-16-20-32(21-17-29)43-31-12-8-5-9-13-31/h4-23,33-34H,24-26H2,1-3H3/t33-,34+/m0/s1. The summed E-state index contributed by atoms with van der Waals surface area (Å²) in [5.41, 5.74) is 2.48. The Kier molecular flexibility index (Phi) is 8.65. The molecule has 2 atom stereocenters. The first-order valence-electron chi connectivity index (χ1n) is 14.8. The minimum absolute atomic E-state index is 0.0555. The third-order valence-electron chi connectivity index (χ3n) is 7.75. The van der Waals surface area contributed by atoms with Crippen molar-refractivity contribution in [2.75, 3.05) is 26.8 Å². The molecule has 4 aromatic carbocycles. The number of likely N-dealkylation sites (N-methyl/N-ethyl adjacent to an activating group) is 1. The second-order valence-corrected chi connectivity index (χ2v) is 11.3. The van der Waals surface area contributed by atoms with E-state index in [0.29, 0.717) is 25.5 Å². The van der Waals surface area contributed by atoms with Crippen LogP contribution in [0.3, 0.4) is 0 Å². The predicted molar refractivity (Wildman–Crippen MR) is 170 cm³/mol. The topological polar surface area (TPSA) is 67.1 Å². The molecule has 0 unspecified atom stereocenters. The van der Waals surface area contributed by atoms with Crippen LogP contribution in [-0.2, 0) is 9.47 Å². The Balaban J connectivity index is 1.05. The Bertz CT molecular complexity index is 1700. The molecule has 0 spiro atoms. The van der Waals surface area contributed by atoms with Gasteiger partial charge < -0.3 is 18.9 Å². The molecule has 1 aromatic heterocycles. The molecule has 8 nitrogen and oxygen atoms in total. The van der Waals surface area contributed by atoms with E-state index >= 15 is 0 Å².